The first-order valence-corrected chi connectivity index (χ1v) is 6.18. The molecule has 0 radical (unpaired) electrons. The lowest BCUT2D eigenvalue weighted by Gasteiger charge is -2.09. The summed E-state index contributed by atoms with van der Waals surface area (Å²) in [7, 11) is 1.86. The molecular weight excluding hydrogens is 214 g/mol. The third kappa shape index (κ3) is 6.12. The lowest BCUT2D eigenvalue weighted by atomic mass is 10.1. The molecule has 96 valence electrons. The molecule has 1 aromatic heterocycles. The van der Waals surface area contributed by atoms with Crippen molar-refractivity contribution in [2.45, 2.75) is 20.3 Å². The van der Waals surface area contributed by atoms with E-state index >= 15 is 0 Å². The smallest absolute Gasteiger partial charge is 0.127 e. The molecule has 4 heteroatoms. The molecule has 1 aromatic rings. The zero-order valence-electron chi connectivity index (χ0n) is 11.0. The predicted molar refractivity (Wildman–Crippen MR) is 72.5 cm³/mol. The van der Waals surface area contributed by atoms with E-state index in [2.05, 4.69) is 29.5 Å². The monoisotopic (exact) mass is 237 g/mol. The number of pyridine rings is 1. The van der Waals surface area contributed by atoms with Crippen LogP contribution in [-0.4, -0.2) is 31.8 Å². The molecule has 1 rings (SSSR count). The minimum absolute atomic E-state index is 0.710. The van der Waals surface area contributed by atoms with E-state index in [1.807, 2.05) is 19.2 Å². The number of aromatic nitrogens is 1. The fraction of sp³-hybridized carbons (Fsp3) is 0.615. The fourth-order valence-electron chi connectivity index (χ4n) is 1.37. The average molecular weight is 237 g/mol. The van der Waals surface area contributed by atoms with Gasteiger partial charge in [-0.25, -0.2) is 4.98 Å². The summed E-state index contributed by atoms with van der Waals surface area (Å²) in [5.74, 6) is 1.58. The van der Waals surface area contributed by atoms with Crippen LogP contribution in [0.3, 0.4) is 0 Å². The second kappa shape index (κ2) is 7.90. The SMILES string of the molecule is CNc1cc(NCCOCCC(C)C)ccn1. The summed E-state index contributed by atoms with van der Waals surface area (Å²) in [4.78, 5) is 4.15. The Morgan fingerprint density at radius 2 is 2.18 bits per heavy atom. The van der Waals surface area contributed by atoms with E-state index in [0.717, 1.165) is 37.7 Å². The van der Waals surface area contributed by atoms with Crippen molar-refractivity contribution in [3.8, 4) is 0 Å². The summed E-state index contributed by atoms with van der Waals surface area (Å²) < 4.78 is 5.53. The standard InChI is InChI=1S/C13H23N3O/c1-11(2)5-8-17-9-7-15-12-4-6-16-13(10-12)14-3/h4,6,10-11H,5,7-9H2,1-3H3,(H2,14,15,16). The molecule has 0 amide bonds. The maximum atomic E-state index is 5.53. The van der Waals surface area contributed by atoms with Crippen molar-refractivity contribution < 1.29 is 4.74 Å². The van der Waals surface area contributed by atoms with E-state index in [-0.39, 0.29) is 0 Å². The third-order valence-corrected chi connectivity index (χ3v) is 2.43. The molecule has 0 aliphatic heterocycles. The molecule has 0 bridgehead atoms. The summed E-state index contributed by atoms with van der Waals surface area (Å²) in [6.45, 7) is 6.82. The minimum atomic E-state index is 0.710. The Morgan fingerprint density at radius 1 is 1.35 bits per heavy atom. The molecule has 0 unspecified atom stereocenters. The first-order chi connectivity index (χ1) is 8.22. The molecule has 0 aliphatic carbocycles. The van der Waals surface area contributed by atoms with Crippen LogP contribution in [0.15, 0.2) is 18.3 Å². The molecule has 0 fully saturated rings. The van der Waals surface area contributed by atoms with Crippen molar-refractivity contribution in [1.82, 2.24) is 4.98 Å². The first kappa shape index (κ1) is 13.8. The Bertz CT molecular complexity index is 315. The van der Waals surface area contributed by atoms with Crippen molar-refractivity contribution >= 4 is 11.5 Å². The van der Waals surface area contributed by atoms with Gasteiger partial charge in [0, 0.05) is 38.1 Å². The van der Waals surface area contributed by atoms with Gasteiger partial charge >= 0.3 is 0 Å². The van der Waals surface area contributed by atoms with Crippen LogP contribution in [0.25, 0.3) is 0 Å². The number of hydrogen-bond acceptors (Lipinski definition) is 4. The summed E-state index contributed by atoms with van der Waals surface area (Å²) in [5.41, 5.74) is 1.07. The molecule has 0 aromatic carbocycles. The lowest BCUT2D eigenvalue weighted by Crippen LogP contribution is -2.11. The Hall–Kier alpha value is -1.29. The maximum Gasteiger partial charge on any atom is 0.127 e. The van der Waals surface area contributed by atoms with Crippen LogP contribution in [0, 0.1) is 5.92 Å². The van der Waals surface area contributed by atoms with Crippen molar-refractivity contribution in [3.05, 3.63) is 18.3 Å². The second-order valence-electron chi connectivity index (χ2n) is 4.40. The van der Waals surface area contributed by atoms with E-state index in [1.54, 1.807) is 6.20 Å². The Morgan fingerprint density at radius 3 is 2.88 bits per heavy atom. The van der Waals surface area contributed by atoms with Crippen LogP contribution in [0.1, 0.15) is 20.3 Å². The minimum Gasteiger partial charge on any atom is -0.383 e. The second-order valence-corrected chi connectivity index (χ2v) is 4.40. The average Bonchev–Trinajstić information content (AvgIpc) is 2.33. The zero-order chi connectivity index (χ0) is 12.5. The van der Waals surface area contributed by atoms with E-state index in [4.69, 9.17) is 4.74 Å². The molecule has 0 atom stereocenters. The zero-order valence-corrected chi connectivity index (χ0v) is 11.0. The number of ether oxygens (including phenoxy) is 1. The molecule has 0 spiro atoms. The van der Waals surface area contributed by atoms with Crippen molar-refractivity contribution in [1.29, 1.82) is 0 Å². The van der Waals surface area contributed by atoms with Crippen LogP contribution in [0.5, 0.6) is 0 Å². The normalized spacial score (nSPS) is 10.6. The Balaban J connectivity index is 2.13. The molecule has 2 N–H and O–H groups in total. The first-order valence-electron chi connectivity index (χ1n) is 6.18. The van der Waals surface area contributed by atoms with Crippen LogP contribution in [0.4, 0.5) is 11.5 Å². The van der Waals surface area contributed by atoms with Crippen LogP contribution in [0.2, 0.25) is 0 Å². The highest BCUT2D eigenvalue weighted by molar-refractivity contribution is 5.51. The van der Waals surface area contributed by atoms with Gasteiger partial charge in [-0.1, -0.05) is 13.8 Å². The van der Waals surface area contributed by atoms with Gasteiger partial charge in [0.05, 0.1) is 6.61 Å². The summed E-state index contributed by atoms with van der Waals surface area (Å²) >= 11 is 0. The Kier molecular flexibility index (Phi) is 6.40. The number of nitrogens with one attached hydrogen (secondary N) is 2. The van der Waals surface area contributed by atoms with Gasteiger partial charge in [0.25, 0.3) is 0 Å². The van der Waals surface area contributed by atoms with Gasteiger partial charge in [-0.05, 0) is 18.4 Å². The molecule has 0 aliphatic rings. The van der Waals surface area contributed by atoms with Gasteiger partial charge in [0.15, 0.2) is 0 Å². The van der Waals surface area contributed by atoms with Gasteiger partial charge < -0.3 is 15.4 Å². The maximum absolute atomic E-state index is 5.53. The quantitative estimate of drug-likeness (QED) is 0.682. The number of rotatable bonds is 8. The van der Waals surface area contributed by atoms with Gasteiger partial charge in [0.2, 0.25) is 0 Å². The van der Waals surface area contributed by atoms with Crippen molar-refractivity contribution in [2.24, 2.45) is 5.92 Å². The summed E-state index contributed by atoms with van der Waals surface area (Å²) in [5, 5.41) is 6.31. The van der Waals surface area contributed by atoms with Gasteiger partial charge in [-0.2, -0.15) is 0 Å². The number of anilines is 2. The van der Waals surface area contributed by atoms with E-state index in [1.165, 1.54) is 0 Å². The molecule has 4 nitrogen and oxygen atoms in total. The molecule has 0 saturated heterocycles. The summed E-state index contributed by atoms with van der Waals surface area (Å²) in [6.07, 6.45) is 2.91. The van der Waals surface area contributed by atoms with Crippen LogP contribution < -0.4 is 10.6 Å². The molecule has 0 saturated carbocycles. The van der Waals surface area contributed by atoms with Gasteiger partial charge in [0.1, 0.15) is 5.82 Å². The van der Waals surface area contributed by atoms with E-state index in [9.17, 15) is 0 Å². The van der Waals surface area contributed by atoms with Crippen LogP contribution >= 0.6 is 0 Å². The topological polar surface area (TPSA) is 46.2 Å². The highest BCUT2D eigenvalue weighted by Gasteiger charge is 1.96. The fourth-order valence-corrected chi connectivity index (χ4v) is 1.37. The summed E-state index contributed by atoms with van der Waals surface area (Å²) in [6, 6.07) is 3.93. The van der Waals surface area contributed by atoms with Crippen molar-refractivity contribution in [2.75, 3.05) is 37.4 Å². The molecular formula is C13H23N3O. The largest absolute Gasteiger partial charge is 0.383 e. The van der Waals surface area contributed by atoms with E-state index in [0.29, 0.717) is 5.92 Å². The van der Waals surface area contributed by atoms with Crippen LogP contribution in [-0.2, 0) is 4.74 Å². The van der Waals surface area contributed by atoms with Gasteiger partial charge in [-0.3, -0.25) is 0 Å². The highest BCUT2D eigenvalue weighted by Crippen LogP contribution is 2.10. The molecule has 17 heavy (non-hydrogen) atoms. The van der Waals surface area contributed by atoms with Gasteiger partial charge in [-0.15, -0.1) is 0 Å². The lowest BCUT2D eigenvalue weighted by molar-refractivity contribution is 0.132. The third-order valence-electron chi connectivity index (χ3n) is 2.43. The number of hydrogen-bond donors (Lipinski definition) is 2. The predicted octanol–water partition coefficient (Wildman–Crippen LogP) is 2.60. The molecule has 1 heterocycles. The van der Waals surface area contributed by atoms with Crippen molar-refractivity contribution in [3.63, 3.8) is 0 Å². The number of nitrogens with zero attached hydrogens (tertiary/aromatic N) is 1. The Labute approximate surface area is 104 Å². The highest BCUT2D eigenvalue weighted by atomic mass is 16.5. The van der Waals surface area contributed by atoms with E-state index < -0.39 is 0 Å².